The summed E-state index contributed by atoms with van der Waals surface area (Å²) in [5.41, 5.74) is -1.66. The lowest BCUT2D eigenvalue weighted by molar-refractivity contribution is -0.239. The van der Waals surface area contributed by atoms with Gasteiger partial charge in [-0.25, -0.2) is 13.1 Å². The fourth-order valence-electron chi connectivity index (χ4n) is 1.84. The third-order valence-electron chi connectivity index (χ3n) is 2.99. The maximum absolute atomic E-state index is 10.9. The van der Waals surface area contributed by atoms with Crippen molar-refractivity contribution in [2.24, 2.45) is 0 Å². The number of sulfonamides is 1. The predicted molar refractivity (Wildman–Crippen MR) is 59.8 cm³/mol. The maximum atomic E-state index is 10.9. The van der Waals surface area contributed by atoms with Crippen LogP contribution in [0.5, 0.6) is 0 Å². The minimum Gasteiger partial charge on any atom is -0.388 e. The fraction of sp³-hybridized carbons (Fsp3) is 1.00. The largest absolute Gasteiger partial charge is 0.388 e. The number of aliphatic hydroxyl groups excluding tert-OH is 2. The molecule has 1 aliphatic heterocycles. The lowest BCUT2D eigenvalue weighted by Gasteiger charge is -2.44. The monoisotopic (exact) mass is 269 g/mol. The van der Waals surface area contributed by atoms with Crippen LogP contribution in [0.25, 0.3) is 0 Å². The van der Waals surface area contributed by atoms with Crippen LogP contribution in [0.1, 0.15) is 13.3 Å². The Bertz CT molecular complexity index is 358. The van der Waals surface area contributed by atoms with E-state index >= 15 is 0 Å². The first-order valence-corrected chi connectivity index (χ1v) is 7.20. The molecule has 0 saturated carbocycles. The van der Waals surface area contributed by atoms with Gasteiger partial charge in [-0.15, -0.1) is 0 Å². The van der Waals surface area contributed by atoms with Crippen molar-refractivity contribution in [3.63, 3.8) is 0 Å². The van der Waals surface area contributed by atoms with Crippen LogP contribution in [-0.4, -0.2) is 67.1 Å². The van der Waals surface area contributed by atoms with E-state index in [0.29, 0.717) is 0 Å². The molecule has 0 radical (unpaired) electrons. The van der Waals surface area contributed by atoms with E-state index in [4.69, 9.17) is 4.74 Å². The summed E-state index contributed by atoms with van der Waals surface area (Å²) in [5.74, 6) is 0. The molecule has 0 aliphatic carbocycles. The zero-order chi connectivity index (χ0) is 13.3. The molecule has 1 rings (SSSR count). The summed E-state index contributed by atoms with van der Waals surface area (Å²) in [6, 6.07) is 0. The van der Waals surface area contributed by atoms with Crippen LogP contribution < -0.4 is 4.72 Å². The first-order valence-electron chi connectivity index (χ1n) is 5.31. The third-order valence-corrected chi connectivity index (χ3v) is 3.72. The third kappa shape index (κ3) is 3.60. The van der Waals surface area contributed by atoms with Gasteiger partial charge in [-0.05, 0) is 13.3 Å². The number of aliphatic hydroxyl groups is 3. The van der Waals surface area contributed by atoms with Crippen LogP contribution in [0.4, 0.5) is 0 Å². The van der Waals surface area contributed by atoms with Crippen LogP contribution in [0, 0.1) is 0 Å². The first kappa shape index (κ1) is 14.8. The molecular formula is C9H19NO6S. The molecule has 0 bridgehead atoms. The molecule has 0 aromatic heterocycles. The topological polar surface area (TPSA) is 116 Å². The molecule has 1 saturated heterocycles. The first-order chi connectivity index (χ1) is 7.67. The second-order valence-corrected chi connectivity index (χ2v) is 6.23. The van der Waals surface area contributed by atoms with Gasteiger partial charge in [0.1, 0.15) is 17.8 Å². The summed E-state index contributed by atoms with van der Waals surface area (Å²) >= 11 is 0. The Morgan fingerprint density at radius 1 is 1.47 bits per heavy atom. The van der Waals surface area contributed by atoms with Gasteiger partial charge in [-0.2, -0.15) is 0 Å². The molecule has 7 nitrogen and oxygen atoms in total. The van der Waals surface area contributed by atoms with Crippen LogP contribution in [0.3, 0.4) is 0 Å². The Labute approximate surface area is 100 Å². The van der Waals surface area contributed by atoms with E-state index in [0.717, 1.165) is 6.26 Å². The zero-order valence-electron chi connectivity index (χ0n) is 9.83. The Kier molecular flexibility index (Phi) is 4.50. The number of hydrogen-bond donors (Lipinski definition) is 4. The van der Waals surface area contributed by atoms with Gasteiger partial charge in [0, 0.05) is 6.54 Å². The minimum absolute atomic E-state index is 0.0349. The van der Waals surface area contributed by atoms with Crippen LogP contribution in [0.15, 0.2) is 0 Å². The van der Waals surface area contributed by atoms with Crippen molar-refractivity contribution in [2.75, 3.05) is 19.4 Å². The molecule has 1 heterocycles. The van der Waals surface area contributed by atoms with Crippen LogP contribution >= 0.6 is 0 Å². The van der Waals surface area contributed by atoms with Gasteiger partial charge in [0.2, 0.25) is 10.0 Å². The number of ether oxygens (including phenoxy) is 1. The van der Waals surface area contributed by atoms with E-state index in [2.05, 4.69) is 4.72 Å². The van der Waals surface area contributed by atoms with Gasteiger partial charge in [0.15, 0.2) is 0 Å². The van der Waals surface area contributed by atoms with E-state index in [-0.39, 0.29) is 19.6 Å². The van der Waals surface area contributed by atoms with E-state index in [1.54, 1.807) is 6.92 Å². The molecule has 0 amide bonds. The summed E-state index contributed by atoms with van der Waals surface area (Å²) < 4.78 is 29.1. The highest BCUT2D eigenvalue weighted by atomic mass is 32.2. The van der Waals surface area contributed by atoms with Gasteiger partial charge in [0.25, 0.3) is 0 Å². The molecule has 8 heteroatoms. The molecule has 1 aliphatic rings. The second-order valence-electron chi connectivity index (χ2n) is 4.40. The Morgan fingerprint density at radius 3 is 2.59 bits per heavy atom. The van der Waals surface area contributed by atoms with E-state index in [9.17, 15) is 23.7 Å². The van der Waals surface area contributed by atoms with Gasteiger partial charge in [-0.3, -0.25) is 0 Å². The fourth-order valence-corrected chi connectivity index (χ4v) is 2.31. The maximum Gasteiger partial charge on any atom is 0.208 e. The highest BCUT2D eigenvalue weighted by Gasteiger charge is 2.48. The van der Waals surface area contributed by atoms with Crippen LogP contribution in [0.2, 0.25) is 0 Å². The highest BCUT2D eigenvalue weighted by Crippen LogP contribution is 2.29. The zero-order valence-corrected chi connectivity index (χ0v) is 10.6. The van der Waals surface area contributed by atoms with E-state index in [1.807, 2.05) is 0 Å². The number of hydrogen-bond acceptors (Lipinski definition) is 6. The smallest absolute Gasteiger partial charge is 0.208 e. The van der Waals surface area contributed by atoms with Crippen molar-refractivity contribution < 1.29 is 28.5 Å². The van der Waals surface area contributed by atoms with E-state index in [1.165, 1.54) is 0 Å². The lowest BCUT2D eigenvalue weighted by atomic mass is 9.83. The summed E-state index contributed by atoms with van der Waals surface area (Å²) in [7, 11) is -3.35. The SMILES string of the molecule is CC1OC[C@H](O)C(O)[C@@]1(O)CCNS(C)(=O)=O. The molecule has 2 unspecified atom stereocenters. The molecule has 4 atom stereocenters. The summed E-state index contributed by atoms with van der Waals surface area (Å²) in [6.45, 7) is 1.48. The lowest BCUT2D eigenvalue weighted by Crippen LogP contribution is -2.62. The van der Waals surface area contributed by atoms with Crippen molar-refractivity contribution in [2.45, 2.75) is 37.3 Å². The normalized spacial score (nSPS) is 39.2. The van der Waals surface area contributed by atoms with Gasteiger partial charge >= 0.3 is 0 Å². The van der Waals surface area contributed by atoms with Gasteiger partial charge in [-0.1, -0.05) is 0 Å². The molecule has 0 spiro atoms. The van der Waals surface area contributed by atoms with Crippen molar-refractivity contribution in [1.82, 2.24) is 4.72 Å². The highest BCUT2D eigenvalue weighted by molar-refractivity contribution is 7.88. The molecule has 17 heavy (non-hydrogen) atoms. The molecule has 0 aromatic carbocycles. The van der Waals surface area contributed by atoms with Crippen molar-refractivity contribution in [1.29, 1.82) is 0 Å². The van der Waals surface area contributed by atoms with Gasteiger partial charge in [0.05, 0.1) is 19.0 Å². The standard InChI is InChI=1S/C9H19NO6S/c1-6-9(13,3-4-10-17(2,14)15)8(12)7(11)5-16-6/h6-8,10-13H,3-5H2,1-2H3/t6?,7-,8?,9+/m0/s1. The average Bonchev–Trinajstić information content (AvgIpc) is 2.20. The van der Waals surface area contributed by atoms with Gasteiger partial charge < -0.3 is 20.1 Å². The number of rotatable bonds is 4. The van der Waals surface area contributed by atoms with Crippen molar-refractivity contribution in [3.05, 3.63) is 0 Å². The van der Waals surface area contributed by atoms with Crippen molar-refractivity contribution >= 4 is 10.0 Å². The summed E-state index contributed by atoms with van der Waals surface area (Å²) in [5, 5.41) is 29.4. The van der Waals surface area contributed by atoms with E-state index < -0.39 is 33.9 Å². The molecule has 102 valence electrons. The molecular weight excluding hydrogens is 250 g/mol. The predicted octanol–water partition coefficient (Wildman–Crippen LogP) is -2.20. The Balaban J connectivity index is 2.64. The average molecular weight is 269 g/mol. The quantitative estimate of drug-likeness (QED) is 0.460. The second kappa shape index (κ2) is 5.17. The summed E-state index contributed by atoms with van der Waals surface area (Å²) in [6.07, 6.45) is -2.24. The summed E-state index contributed by atoms with van der Waals surface area (Å²) in [4.78, 5) is 0. The Morgan fingerprint density at radius 2 is 2.06 bits per heavy atom. The molecule has 1 fully saturated rings. The van der Waals surface area contributed by atoms with Crippen molar-refractivity contribution in [3.8, 4) is 0 Å². The Hall–Kier alpha value is -0.250. The van der Waals surface area contributed by atoms with Crippen LogP contribution in [-0.2, 0) is 14.8 Å². The minimum atomic E-state index is -3.35. The molecule has 0 aromatic rings. The molecule has 4 N–H and O–H groups in total. The number of nitrogens with one attached hydrogen (secondary N) is 1.